The van der Waals surface area contributed by atoms with Crippen molar-refractivity contribution in [2.45, 2.75) is 25.4 Å². The third kappa shape index (κ3) is 2.99. The van der Waals surface area contributed by atoms with Crippen LogP contribution < -0.4 is 5.43 Å². The molecule has 1 saturated heterocycles. The molecule has 28 heavy (non-hydrogen) atoms. The minimum absolute atomic E-state index is 0.00667. The summed E-state index contributed by atoms with van der Waals surface area (Å²) in [5, 5.41) is 4.68. The van der Waals surface area contributed by atoms with Crippen LogP contribution in [0.25, 0.3) is 22.5 Å². The van der Waals surface area contributed by atoms with Crippen molar-refractivity contribution in [1.82, 2.24) is 20.0 Å². The van der Waals surface area contributed by atoms with Crippen LogP contribution in [0.1, 0.15) is 30.3 Å². The number of hydrogen-bond acceptors (Lipinski definition) is 7. The Labute approximate surface area is 160 Å². The predicted octanol–water partition coefficient (Wildman–Crippen LogP) is 3.58. The maximum absolute atomic E-state index is 12.8. The summed E-state index contributed by atoms with van der Waals surface area (Å²) >= 11 is 0. The van der Waals surface area contributed by atoms with Gasteiger partial charge in [0.05, 0.1) is 17.7 Å². The molecule has 0 saturated carbocycles. The normalized spacial score (nSPS) is 17.4. The average Bonchev–Trinajstić information content (AvgIpc) is 3.40. The molecule has 0 unspecified atom stereocenters. The van der Waals surface area contributed by atoms with Crippen molar-refractivity contribution in [3.8, 4) is 11.5 Å². The Morgan fingerprint density at radius 2 is 2.04 bits per heavy atom. The Morgan fingerprint density at radius 1 is 1.14 bits per heavy atom. The predicted molar refractivity (Wildman–Crippen MR) is 102 cm³/mol. The quantitative estimate of drug-likeness (QED) is 0.540. The van der Waals surface area contributed by atoms with E-state index < -0.39 is 0 Å². The highest BCUT2D eigenvalue weighted by Gasteiger charge is 2.31. The lowest BCUT2D eigenvalue weighted by Crippen LogP contribution is -2.26. The van der Waals surface area contributed by atoms with Gasteiger partial charge in [-0.2, -0.15) is 4.98 Å². The third-order valence-corrected chi connectivity index (χ3v) is 5.11. The first-order chi connectivity index (χ1) is 13.8. The largest absolute Gasteiger partial charge is 0.464 e. The first-order valence-corrected chi connectivity index (χ1v) is 9.28. The molecule has 0 spiro atoms. The summed E-state index contributed by atoms with van der Waals surface area (Å²) in [5.41, 5.74) is 1.92. The number of fused-ring (bicyclic) bond motifs is 1. The SMILES string of the molecule is O=c1c(CN2CCC[C@@H]2c2nc(-c3ccccn3)no2)coc2ccccc12. The van der Waals surface area contributed by atoms with Gasteiger partial charge in [0.2, 0.25) is 11.7 Å². The summed E-state index contributed by atoms with van der Waals surface area (Å²) in [5.74, 6) is 1.04. The second-order valence-corrected chi connectivity index (χ2v) is 6.89. The van der Waals surface area contributed by atoms with Crippen molar-refractivity contribution < 1.29 is 8.94 Å². The minimum Gasteiger partial charge on any atom is -0.464 e. The summed E-state index contributed by atoms with van der Waals surface area (Å²) in [4.78, 5) is 23.8. The molecule has 1 atom stereocenters. The highest BCUT2D eigenvalue weighted by molar-refractivity contribution is 5.76. The van der Waals surface area contributed by atoms with Crippen LogP contribution in [-0.4, -0.2) is 26.6 Å². The smallest absolute Gasteiger partial charge is 0.244 e. The molecule has 4 heterocycles. The van der Waals surface area contributed by atoms with Gasteiger partial charge in [-0.1, -0.05) is 23.4 Å². The van der Waals surface area contributed by atoms with Crippen molar-refractivity contribution in [1.29, 1.82) is 0 Å². The average molecular weight is 374 g/mol. The molecule has 1 aliphatic heterocycles. The molecule has 7 heteroatoms. The molecule has 0 N–H and O–H groups in total. The highest BCUT2D eigenvalue weighted by Crippen LogP contribution is 2.32. The molecule has 0 amide bonds. The van der Waals surface area contributed by atoms with Gasteiger partial charge in [0, 0.05) is 18.3 Å². The summed E-state index contributed by atoms with van der Waals surface area (Å²) < 4.78 is 11.2. The van der Waals surface area contributed by atoms with E-state index in [-0.39, 0.29) is 11.5 Å². The summed E-state index contributed by atoms with van der Waals surface area (Å²) in [6.07, 6.45) is 5.17. The maximum Gasteiger partial charge on any atom is 0.244 e. The number of rotatable bonds is 4. The molecule has 0 aliphatic carbocycles. The van der Waals surface area contributed by atoms with Crippen molar-refractivity contribution >= 4 is 11.0 Å². The summed E-state index contributed by atoms with van der Waals surface area (Å²) in [6.45, 7) is 1.34. The van der Waals surface area contributed by atoms with Crippen molar-refractivity contribution in [2.24, 2.45) is 0 Å². The van der Waals surface area contributed by atoms with Crippen LogP contribution in [-0.2, 0) is 6.54 Å². The number of hydrogen-bond donors (Lipinski definition) is 0. The van der Waals surface area contributed by atoms with Gasteiger partial charge >= 0.3 is 0 Å². The fourth-order valence-corrected chi connectivity index (χ4v) is 3.71. The van der Waals surface area contributed by atoms with Crippen LogP contribution in [0.3, 0.4) is 0 Å². The van der Waals surface area contributed by atoms with Crippen molar-refractivity contribution in [3.63, 3.8) is 0 Å². The first-order valence-electron chi connectivity index (χ1n) is 9.28. The fraction of sp³-hybridized carbons (Fsp3) is 0.238. The number of pyridine rings is 1. The van der Waals surface area contributed by atoms with Crippen LogP contribution in [0.4, 0.5) is 0 Å². The van der Waals surface area contributed by atoms with Crippen molar-refractivity contribution in [2.75, 3.05) is 6.54 Å². The fourth-order valence-electron chi connectivity index (χ4n) is 3.71. The molecule has 1 aliphatic rings. The summed E-state index contributed by atoms with van der Waals surface area (Å²) in [6, 6.07) is 12.9. The number of benzene rings is 1. The lowest BCUT2D eigenvalue weighted by atomic mass is 10.1. The Hall–Kier alpha value is -3.32. The van der Waals surface area contributed by atoms with Crippen LogP contribution in [0.15, 0.2) is 68.7 Å². The van der Waals surface area contributed by atoms with E-state index in [2.05, 4.69) is 20.0 Å². The monoisotopic (exact) mass is 374 g/mol. The Balaban J connectivity index is 1.42. The molecule has 3 aromatic heterocycles. The van der Waals surface area contributed by atoms with E-state index in [9.17, 15) is 4.79 Å². The lowest BCUT2D eigenvalue weighted by molar-refractivity contribution is 0.199. The minimum atomic E-state index is -0.0177. The molecule has 0 radical (unpaired) electrons. The second-order valence-electron chi connectivity index (χ2n) is 6.89. The maximum atomic E-state index is 12.8. The first kappa shape index (κ1) is 16.8. The molecular weight excluding hydrogens is 356 g/mol. The van der Waals surface area contributed by atoms with E-state index in [1.54, 1.807) is 24.6 Å². The van der Waals surface area contributed by atoms with Crippen LogP contribution >= 0.6 is 0 Å². The molecule has 7 nitrogen and oxygen atoms in total. The molecule has 1 fully saturated rings. The van der Waals surface area contributed by atoms with Gasteiger partial charge in [-0.25, -0.2) is 0 Å². The topological polar surface area (TPSA) is 85.3 Å². The number of nitrogens with zero attached hydrogens (tertiary/aromatic N) is 4. The van der Waals surface area contributed by atoms with Gasteiger partial charge in [0.15, 0.2) is 5.43 Å². The van der Waals surface area contributed by atoms with E-state index in [0.29, 0.717) is 40.5 Å². The zero-order valence-corrected chi connectivity index (χ0v) is 15.1. The van der Waals surface area contributed by atoms with E-state index in [0.717, 1.165) is 19.4 Å². The number of para-hydroxylation sites is 1. The third-order valence-electron chi connectivity index (χ3n) is 5.11. The van der Waals surface area contributed by atoms with E-state index >= 15 is 0 Å². The van der Waals surface area contributed by atoms with E-state index in [1.165, 1.54) is 0 Å². The lowest BCUT2D eigenvalue weighted by Gasteiger charge is -2.20. The highest BCUT2D eigenvalue weighted by atomic mass is 16.5. The molecule has 1 aromatic carbocycles. The summed E-state index contributed by atoms with van der Waals surface area (Å²) in [7, 11) is 0. The zero-order chi connectivity index (χ0) is 18.9. The Morgan fingerprint density at radius 3 is 2.93 bits per heavy atom. The second kappa shape index (κ2) is 7.01. The molecular formula is C21H18N4O3. The van der Waals surface area contributed by atoms with Gasteiger partial charge in [-0.15, -0.1) is 0 Å². The van der Waals surface area contributed by atoms with Gasteiger partial charge < -0.3 is 8.94 Å². The van der Waals surface area contributed by atoms with E-state index in [4.69, 9.17) is 8.94 Å². The Kier molecular flexibility index (Phi) is 4.21. The Bertz CT molecular complexity index is 1170. The molecule has 140 valence electrons. The molecule has 5 rings (SSSR count). The van der Waals surface area contributed by atoms with Crippen LogP contribution in [0.2, 0.25) is 0 Å². The van der Waals surface area contributed by atoms with Gasteiger partial charge in [0.1, 0.15) is 11.3 Å². The number of aromatic nitrogens is 3. The van der Waals surface area contributed by atoms with Gasteiger partial charge in [0.25, 0.3) is 0 Å². The standard InChI is InChI=1S/C21H18N4O3/c26-19-14(13-27-18-9-2-1-6-15(18)19)12-25-11-5-8-17(25)21-23-20(24-28-21)16-7-3-4-10-22-16/h1-4,6-7,9-10,13,17H,5,8,11-12H2/t17-/m1/s1. The van der Waals surface area contributed by atoms with E-state index in [1.807, 2.05) is 30.3 Å². The van der Waals surface area contributed by atoms with Crippen LogP contribution in [0.5, 0.6) is 0 Å². The van der Waals surface area contributed by atoms with Gasteiger partial charge in [-0.05, 0) is 43.7 Å². The molecule has 4 aromatic rings. The number of likely N-dealkylation sites (tertiary alicyclic amines) is 1. The molecule has 0 bridgehead atoms. The van der Waals surface area contributed by atoms with Crippen LogP contribution in [0, 0.1) is 0 Å². The van der Waals surface area contributed by atoms with Crippen molar-refractivity contribution in [3.05, 3.63) is 76.6 Å². The van der Waals surface area contributed by atoms with Gasteiger partial charge in [-0.3, -0.25) is 14.7 Å². The zero-order valence-electron chi connectivity index (χ0n) is 15.1.